The second-order valence-corrected chi connectivity index (χ2v) is 17.7. The molecule has 53 heavy (non-hydrogen) atoms. The molecule has 1 saturated carbocycles. The minimum Gasteiger partial charge on any atom is -0.491 e. The Balaban J connectivity index is 1.29. The molecule has 0 saturated heterocycles. The Kier molecular flexibility index (Phi) is 11.6. The average Bonchev–Trinajstić information content (AvgIpc) is 3.50. The summed E-state index contributed by atoms with van der Waals surface area (Å²) in [5.74, 6) is 0.0480. The SMILES string of the molecule is CC[C@H]1C/C=C/[C@H](OC)[C@@H]2CC[C@H]2CN2Cc3ccc(Cl)cc3CCCCOc3ccc(cc32)C(=O)N=S(=O)(NC(=O)[C@H]2CCc3cnn(C)c3C2)C1. The first kappa shape index (κ1) is 37.6. The van der Waals surface area contributed by atoms with Crippen LogP contribution in [-0.2, 0) is 52.3 Å². The lowest BCUT2D eigenvalue weighted by molar-refractivity contribution is -0.123. The molecule has 0 radical (unpaired) electrons. The molecule has 1 unspecified atom stereocenters. The number of benzene rings is 2. The van der Waals surface area contributed by atoms with Crippen LogP contribution in [0.1, 0.15) is 84.6 Å². The van der Waals surface area contributed by atoms with Gasteiger partial charge in [-0.2, -0.15) is 5.10 Å². The Hall–Kier alpha value is -3.67. The standard InChI is InChI=1S/C41H52ClN5O5S/c1-4-27-8-7-10-38(51-3)35-17-14-33(35)25-47-24-32-13-16-34(42)20-28(32)9-5-6-19-52-39-18-15-30(22-37(39)47)41(49)45-53(50,26-27)44-40(48)29-11-12-31-23-43-46(2)36(31)21-29/h7,10,13,15-16,18,20,22-23,27,29,33,35,38H,4-6,8-9,11-12,14,17,19,21,24-26H2,1-3H3,(H,44,45,48,49,50)/b10-7+/t27-,29-,33-,35+,38-,53?/m0/s1. The van der Waals surface area contributed by atoms with Crippen molar-refractivity contribution in [2.45, 2.75) is 83.8 Å². The predicted octanol–water partition coefficient (Wildman–Crippen LogP) is 7.27. The Bertz CT molecular complexity index is 1990. The number of aryl methyl sites for hydroxylation is 3. The van der Waals surface area contributed by atoms with Crippen LogP contribution in [0.2, 0.25) is 5.02 Å². The van der Waals surface area contributed by atoms with Crippen molar-refractivity contribution in [1.29, 1.82) is 0 Å². The molecular weight excluding hydrogens is 710 g/mol. The first-order chi connectivity index (χ1) is 25.6. The van der Waals surface area contributed by atoms with Crippen molar-refractivity contribution >= 4 is 39.0 Å². The fourth-order valence-electron chi connectivity index (χ4n) is 8.46. The number of amides is 2. The number of rotatable bonds is 4. The number of aromatic nitrogens is 2. The van der Waals surface area contributed by atoms with Crippen LogP contribution in [0.15, 0.2) is 59.1 Å². The second-order valence-electron chi connectivity index (χ2n) is 15.3. The van der Waals surface area contributed by atoms with Gasteiger partial charge in [0.15, 0.2) is 0 Å². The second kappa shape index (κ2) is 16.4. The van der Waals surface area contributed by atoms with E-state index < -0.39 is 21.7 Å². The van der Waals surface area contributed by atoms with Crippen LogP contribution in [-0.4, -0.2) is 57.9 Å². The van der Waals surface area contributed by atoms with E-state index in [0.717, 1.165) is 60.6 Å². The molecule has 10 nitrogen and oxygen atoms in total. The smallest absolute Gasteiger partial charge is 0.286 e. The molecule has 2 aliphatic heterocycles. The first-order valence-electron chi connectivity index (χ1n) is 19.2. The van der Waals surface area contributed by atoms with Crippen LogP contribution in [0.3, 0.4) is 0 Å². The summed E-state index contributed by atoms with van der Waals surface area (Å²) in [5.41, 5.74) is 5.66. The van der Waals surface area contributed by atoms with Crippen LogP contribution in [0.25, 0.3) is 0 Å². The van der Waals surface area contributed by atoms with Crippen molar-refractivity contribution in [3.63, 3.8) is 0 Å². The van der Waals surface area contributed by atoms with Gasteiger partial charge in [-0.3, -0.25) is 19.0 Å². The molecule has 6 atom stereocenters. The van der Waals surface area contributed by atoms with E-state index in [9.17, 15) is 13.8 Å². The lowest BCUT2D eigenvalue weighted by atomic mass is 9.70. The van der Waals surface area contributed by atoms with E-state index in [1.54, 1.807) is 17.9 Å². The summed E-state index contributed by atoms with van der Waals surface area (Å²) in [7, 11) is 0.147. The van der Waals surface area contributed by atoms with E-state index in [1.807, 2.05) is 38.4 Å². The molecule has 2 aromatic carbocycles. The van der Waals surface area contributed by atoms with Crippen LogP contribution < -0.4 is 14.4 Å². The molecule has 1 aromatic heterocycles. The largest absolute Gasteiger partial charge is 0.491 e. The third-order valence-corrected chi connectivity index (χ3v) is 14.0. The van der Waals surface area contributed by atoms with Gasteiger partial charge in [0.25, 0.3) is 5.91 Å². The number of hydrogen-bond acceptors (Lipinski definition) is 7. The zero-order valence-corrected chi connectivity index (χ0v) is 32.7. The van der Waals surface area contributed by atoms with Crippen LogP contribution >= 0.6 is 11.6 Å². The highest BCUT2D eigenvalue weighted by molar-refractivity contribution is 7.92. The quantitative estimate of drug-likeness (QED) is 0.278. The summed E-state index contributed by atoms with van der Waals surface area (Å²) in [6, 6.07) is 11.5. The molecule has 0 spiro atoms. The Labute approximate surface area is 319 Å². The number of hydrogen-bond donors (Lipinski definition) is 1. The van der Waals surface area contributed by atoms with E-state index in [2.05, 4.69) is 43.4 Å². The molecule has 284 valence electrons. The molecule has 3 heterocycles. The molecule has 2 aliphatic carbocycles. The van der Waals surface area contributed by atoms with Gasteiger partial charge in [-0.25, -0.2) is 4.21 Å². The van der Waals surface area contributed by atoms with E-state index in [-0.39, 0.29) is 23.7 Å². The van der Waals surface area contributed by atoms with Crippen LogP contribution in [0.5, 0.6) is 5.75 Å². The highest BCUT2D eigenvalue weighted by Crippen LogP contribution is 2.42. The molecule has 4 aliphatic rings. The number of halogens is 1. The first-order valence-corrected chi connectivity index (χ1v) is 21.3. The maximum absolute atomic E-state index is 14.9. The minimum atomic E-state index is -3.50. The fourth-order valence-corrected chi connectivity index (χ4v) is 10.7. The lowest BCUT2D eigenvalue weighted by Crippen LogP contribution is -2.43. The number of ether oxygens (including phenoxy) is 2. The molecular formula is C41H52ClN5O5S. The highest BCUT2D eigenvalue weighted by atomic mass is 35.5. The van der Waals surface area contributed by atoms with Crippen molar-refractivity contribution in [1.82, 2.24) is 14.5 Å². The zero-order valence-electron chi connectivity index (χ0n) is 31.1. The van der Waals surface area contributed by atoms with Gasteiger partial charge in [-0.15, -0.1) is 4.36 Å². The van der Waals surface area contributed by atoms with E-state index in [0.29, 0.717) is 68.4 Å². The van der Waals surface area contributed by atoms with E-state index >= 15 is 0 Å². The highest BCUT2D eigenvalue weighted by Gasteiger charge is 2.38. The Morgan fingerprint density at radius 2 is 1.96 bits per heavy atom. The Morgan fingerprint density at radius 3 is 2.75 bits per heavy atom. The number of nitrogens with one attached hydrogen (secondary N) is 1. The van der Waals surface area contributed by atoms with E-state index in [1.165, 1.54) is 11.1 Å². The number of allylic oxidation sites excluding steroid dienone is 1. The van der Waals surface area contributed by atoms with Gasteiger partial charge in [0, 0.05) is 55.9 Å². The van der Waals surface area contributed by atoms with Gasteiger partial charge in [-0.05, 0) is 116 Å². The summed E-state index contributed by atoms with van der Waals surface area (Å²) in [5, 5.41) is 5.09. The molecule has 2 bridgehead atoms. The van der Waals surface area contributed by atoms with Crippen molar-refractivity contribution in [3.05, 3.63) is 87.7 Å². The molecule has 7 rings (SSSR count). The molecule has 3 aromatic rings. The summed E-state index contributed by atoms with van der Waals surface area (Å²) >= 11 is 6.49. The van der Waals surface area contributed by atoms with Crippen molar-refractivity contribution in [3.8, 4) is 5.75 Å². The number of nitrogens with zero attached hydrogens (tertiary/aromatic N) is 4. The van der Waals surface area contributed by atoms with Crippen LogP contribution in [0, 0.1) is 23.7 Å². The number of methoxy groups -OCH3 is 1. The van der Waals surface area contributed by atoms with Gasteiger partial charge in [0.05, 0.1) is 30.3 Å². The van der Waals surface area contributed by atoms with Crippen molar-refractivity contribution in [2.24, 2.45) is 35.1 Å². The number of carbonyl (C=O) groups excluding carboxylic acids is 2. The third-order valence-electron chi connectivity index (χ3n) is 11.8. The van der Waals surface area contributed by atoms with Gasteiger partial charge in [-0.1, -0.05) is 43.2 Å². The maximum Gasteiger partial charge on any atom is 0.286 e. The van der Waals surface area contributed by atoms with Gasteiger partial charge in [0.1, 0.15) is 15.7 Å². The van der Waals surface area contributed by atoms with Crippen LogP contribution in [0.4, 0.5) is 5.69 Å². The monoisotopic (exact) mass is 761 g/mol. The van der Waals surface area contributed by atoms with E-state index in [4.69, 9.17) is 21.1 Å². The normalized spacial score (nSPS) is 28.4. The summed E-state index contributed by atoms with van der Waals surface area (Å²) in [6.45, 7) is 3.94. The molecule has 1 N–H and O–H groups in total. The molecule has 1 fully saturated rings. The van der Waals surface area contributed by atoms with Gasteiger partial charge >= 0.3 is 0 Å². The third kappa shape index (κ3) is 8.52. The summed E-state index contributed by atoms with van der Waals surface area (Å²) in [6.07, 6.45) is 14.1. The summed E-state index contributed by atoms with van der Waals surface area (Å²) < 4.78 is 36.4. The number of anilines is 1. The Morgan fingerprint density at radius 1 is 1.09 bits per heavy atom. The van der Waals surface area contributed by atoms with Crippen molar-refractivity contribution in [2.75, 3.05) is 30.9 Å². The lowest BCUT2D eigenvalue weighted by Gasteiger charge is -2.43. The fraction of sp³-hybridized carbons (Fsp3) is 0.537. The number of carbonyl (C=O) groups is 2. The molecule has 12 heteroatoms. The average molecular weight is 762 g/mol. The predicted molar refractivity (Wildman–Crippen MR) is 209 cm³/mol. The topological polar surface area (TPSA) is 115 Å². The number of fused-ring (bicyclic) bond motifs is 4. The van der Waals surface area contributed by atoms with Gasteiger partial charge < -0.3 is 14.4 Å². The summed E-state index contributed by atoms with van der Waals surface area (Å²) in [4.78, 5) is 30.4. The minimum absolute atomic E-state index is 0.0604. The van der Waals surface area contributed by atoms with Crippen molar-refractivity contribution < 1.29 is 23.3 Å². The molecule has 2 amide bonds. The zero-order chi connectivity index (χ0) is 37.1. The maximum atomic E-state index is 14.9. The van der Waals surface area contributed by atoms with Gasteiger partial charge in [0.2, 0.25) is 5.91 Å².